The molecule has 0 unspecified atom stereocenters. The number of hydrogen-bond acceptors (Lipinski definition) is 3. The standard InChI is InChI=1S/C14H18FNO3/c15-11-5-1-2-6-12(11)19-9-13(18)16-14(10-17)7-3-4-8-14/h1-2,5-6,17H,3-4,7-10H2,(H,16,18). The maximum Gasteiger partial charge on any atom is 0.258 e. The van der Waals surface area contributed by atoms with E-state index in [1.165, 1.54) is 12.1 Å². The molecule has 0 radical (unpaired) electrons. The third kappa shape index (κ3) is 3.44. The molecule has 1 amide bonds. The molecule has 19 heavy (non-hydrogen) atoms. The predicted octanol–water partition coefficient (Wildman–Crippen LogP) is 1.63. The van der Waals surface area contributed by atoms with Crippen LogP contribution < -0.4 is 10.1 Å². The molecule has 1 aliphatic carbocycles. The second-order valence-electron chi connectivity index (χ2n) is 4.91. The monoisotopic (exact) mass is 267 g/mol. The van der Waals surface area contributed by atoms with Crippen LogP contribution in [-0.2, 0) is 4.79 Å². The van der Waals surface area contributed by atoms with Gasteiger partial charge in [0.2, 0.25) is 0 Å². The Balaban J connectivity index is 1.86. The lowest BCUT2D eigenvalue weighted by Crippen LogP contribution is -2.50. The summed E-state index contributed by atoms with van der Waals surface area (Å²) in [6.07, 6.45) is 3.54. The van der Waals surface area contributed by atoms with Gasteiger partial charge in [0.15, 0.2) is 18.2 Å². The van der Waals surface area contributed by atoms with Gasteiger partial charge < -0.3 is 15.2 Å². The van der Waals surface area contributed by atoms with Crippen molar-refractivity contribution in [2.24, 2.45) is 0 Å². The number of ether oxygens (including phenoxy) is 1. The van der Waals surface area contributed by atoms with Gasteiger partial charge in [-0.1, -0.05) is 25.0 Å². The molecule has 104 valence electrons. The Bertz CT molecular complexity index is 444. The van der Waals surface area contributed by atoms with Crippen LogP contribution in [-0.4, -0.2) is 29.8 Å². The molecule has 0 heterocycles. The van der Waals surface area contributed by atoms with E-state index in [0.29, 0.717) is 0 Å². The zero-order chi connectivity index (χ0) is 13.7. The fourth-order valence-electron chi connectivity index (χ4n) is 2.41. The number of carbonyl (C=O) groups is 1. The van der Waals surface area contributed by atoms with Crippen molar-refractivity contribution in [1.29, 1.82) is 0 Å². The molecule has 1 saturated carbocycles. The molecular formula is C14H18FNO3. The van der Waals surface area contributed by atoms with Gasteiger partial charge in [-0.3, -0.25) is 4.79 Å². The summed E-state index contributed by atoms with van der Waals surface area (Å²) in [5.74, 6) is -0.769. The molecule has 0 aliphatic heterocycles. The molecule has 1 aliphatic rings. The van der Waals surface area contributed by atoms with Crippen molar-refractivity contribution >= 4 is 5.91 Å². The highest BCUT2D eigenvalue weighted by molar-refractivity contribution is 5.78. The zero-order valence-electron chi connectivity index (χ0n) is 10.7. The highest BCUT2D eigenvalue weighted by Crippen LogP contribution is 2.29. The summed E-state index contributed by atoms with van der Waals surface area (Å²) in [5, 5.41) is 12.2. The number of benzene rings is 1. The van der Waals surface area contributed by atoms with E-state index in [1.807, 2.05) is 0 Å². The second kappa shape index (κ2) is 6.02. The van der Waals surface area contributed by atoms with Crippen LogP contribution in [0.5, 0.6) is 5.75 Å². The molecule has 0 atom stereocenters. The van der Waals surface area contributed by atoms with Crippen molar-refractivity contribution in [2.75, 3.05) is 13.2 Å². The lowest BCUT2D eigenvalue weighted by Gasteiger charge is -2.27. The minimum absolute atomic E-state index is 0.0575. The molecule has 2 rings (SSSR count). The normalized spacial score (nSPS) is 17.2. The maximum atomic E-state index is 13.3. The molecule has 4 nitrogen and oxygen atoms in total. The van der Waals surface area contributed by atoms with E-state index in [4.69, 9.17) is 4.74 Å². The lowest BCUT2D eigenvalue weighted by molar-refractivity contribution is -0.125. The van der Waals surface area contributed by atoms with Gasteiger partial charge in [-0.2, -0.15) is 0 Å². The Kier molecular flexibility index (Phi) is 4.37. The second-order valence-corrected chi connectivity index (χ2v) is 4.91. The van der Waals surface area contributed by atoms with E-state index in [2.05, 4.69) is 5.32 Å². The SMILES string of the molecule is O=C(COc1ccccc1F)NC1(CO)CCCC1. The number of halogens is 1. The first-order valence-corrected chi connectivity index (χ1v) is 6.44. The summed E-state index contributed by atoms with van der Waals surface area (Å²) in [4.78, 5) is 11.8. The van der Waals surface area contributed by atoms with Gasteiger partial charge in [0, 0.05) is 0 Å². The Labute approximate surface area is 111 Å². The van der Waals surface area contributed by atoms with Gasteiger partial charge >= 0.3 is 0 Å². The number of hydrogen-bond donors (Lipinski definition) is 2. The van der Waals surface area contributed by atoms with Crippen LogP contribution in [0, 0.1) is 5.82 Å². The molecular weight excluding hydrogens is 249 g/mol. The van der Waals surface area contributed by atoms with Gasteiger partial charge in [-0.05, 0) is 25.0 Å². The van der Waals surface area contributed by atoms with Crippen LogP contribution in [0.25, 0.3) is 0 Å². The number of amides is 1. The smallest absolute Gasteiger partial charge is 0.258 e. The maximum absolute atomic E-state index is 13.3. The van der Waals surface area contributed by atoms with Gasteiger partial charge in [-0.15, -0.1) is 0 Å². The average Bonchev–Trinajstić information content (AvgIpc) is 2.87. The highest BCUT2D eigenvalue weighted by Gasteiger charge is 2.34. The molecule has 1 aromatic carbocycles. The number of aliphatic hydroxyl groups excluding tert-OH is 1. The molecule has 1 fully saturated rings. The number of carbonyl (C=O) groups excluding carboxylic acids is 1. The highest BCUT2D eigenvalue weighted by atomic mass is 19.1. The molecule has 1 aromatic rings. The minimum atomic E-state index is -0.518. The Morgan fingerprint density at radius 1 is 1.37 bits per heavy atom. The van der Waals surface area contributed by atoms with Crippen molar-refractivity contribution in [1.82, 2.24) is 5.32 Å². The van der Waals surface area contributed by atoms with Crippen LogP contribution in [0.15, 0.2) is 24.3 Å². The van der Waals surface area contributed by atoms with Gasteiger partial charge in [0.05, 0.1) is 12.1 Å². The largest absolute Gasteiger partial charge is 0.481 e. The number of nitrogens with one attached hydrogen (secondary N) is 1. The molecule has 0 aromatic heterocycles. The van der Waals surface area contributed by atoms with E-state index in [0.717, 1.165) is 25.7 Å². The van der Waals surface area contributed by atoms with Crippen LogP contribution in [0.3, 0.4) is 0 Å². The van der Waals surface area contributed by atoms with Crippen LogP contribution >= 0.6 is 0 Å². The summed E-state index contributed by atoms with van der Waals surface area (Å²) in [6, 6.07) is 5.95. The van der Waals surface area contributed by atoms with E-state index < -0.39 is 11.4 Å². The number of para-hydroxylation sites is 1. The van der Waals surface area contributed by atoms with Crippen LogP contribution in [0.2, 0.25) is 0 Å². The van der Waals surface area contributed by atoms with Gasteiger partial charge in [0.25, 0.3) is 5.91 Å². The van der Waals surface area contributed by atoms with Crippen molar-refractivity contribution in [2.45, 2.75) is 31.2 Å². The van der Waals surface area contributed by atoms with Crippen molar-refractivity contribution in [3.05, 3.63) is 30.1 Å². The third-order valence-electron chi connectivity index (χ3n) is 3.46. The Morgan fingerprint density at radius 2 is 2.05 bits per heavy atom. The summed E-state index contributed by atoms with van der Waals surface area (Å²) < 4.78 is 18.4. The average molecular weight is 267 g/mol. The fourth-order valence-corrected chi connectivity index (χ4v) is 2.41. The molecule has 0 bridgehead atoms. The molecule has 2 N–H and O–H groups in total. The minimum Gasteiger partial charge on any atom is -0.481 e. The van der Waals surface area contributed by atoms with Gasteiger partial charge in [0.1, 0.15) is 0 Å². The zero-order valence-corrected chi connectivity index (χ0v) is 10.7. The van der Waals surface area contributed by atoms with Crippen molar-refractivity contribution < 1.29 is 19.0 Å². The van der Waals surface area contributed by atoms with Crippen LogP contribution in [0.1, 0.15) is 25.7 Å². The topological polar surface area (TPSA) is 58.6 Å². The van der Waals surface area contributed by atoms with Crippen molar-refractivity contribution in [3.8, 4) is 5.75 Å². The quantitative estimate of drug-likeness (QED) is 0.852. The van der Waals surface area contributed by atoms with E-state index in [1.54, 1.807) is 12.1 Å². The lowest BCUT2D eigenvalue weighted by atomic mass is 9.99. The van der Waals surface area contributed by atoms with Crippen molar-refractivity contribution in [3.63, 3.8) is 0 Å². The summed E-state index contributed by atoms with van der Waals surface area (Å²) in [5.41, 5.74) is -0.518. The molecule has 5 heteroatoms. The van der Waals surface area contributed by atoms with Gasteiger partial charge in [-0.25, -0.2) is 4.39 Å². The van der Waals surface area contributed by atoms with E-state index >= 15 is 0 Å². The third-order valence-corrected chi connectivity index (χ3v) is 3.46. The molecule has 0 saturated heterocycles. The first-order valence-electron chi connectivity index (χ1n) is 6.44. The predicted molar refractivity (Wildman–Crippen MR) is 68.3 cm³/mol. The summed E-state index contributed by atoms with van der Waals surface area (Å²) in [7, 11) is 0. The fraction of sp³-hybridized carbons (Fsp3) is 0.500. The first kappa shape index (κ1) is 13.8. The van der Waals surface area contributed by atoms with E-state index in [9.17, 15) is 14.3 Å². The Hall–Kier alpha value is -1.62. The number of rotatable bonds is 5. The Morgan fingerprint density at radius 3 is 2.68 bits per heavy atom. The molecule has 0 spiro atoms. The number of aliphatic hydroxyl groups is 1. The summed E-state index contributed by atoms with van der Waals surface area (Å²) >= 11 is 0. The summed E-state index contributed by atoms with van der Waals surface area (Å²) in [6.45, 7) is -0.318. The first-order chi connectivity index (χ1) is 9.15. The van der Waals surface area contributed by atoms with Crippen LogP contribution in [0.4, 0.5) is 4.39 Å². The van der Waals surface area contributed by atoms with E-state index in [-0.39, 0.29) is 24.9 Å².